The Bertz CT molecular complexity index is 607. The van der Waals surface area contributed by atoms with E-state index in [1.54, 1.807) is 6.20 Å². The maximum Gasteiger partial charge on any atom is 0.137 e. The van der Waals surface area contributed by atoms with Gasteiger partial charge in [-0.2, -0.15) is 0 Å². The van der Waals surface area contributed by atoms with Gasteiger partial charge in [0.05, 0.1) is 12.2 Å². The summed E-state index contributed by atoms with van der Waals surface area (Å²) < 4.78 is 0.777. The Kier molecular flexibility index (Phi) is 4.32. The molecule has 106 valence electrons. The molecule has 0 saturated heterocycles. The van der Waals surface area contributed by atoms with Crippen molar-refractivity contribution in [2.75, 3.05) is 5.32 Å². The number of aryl methyl sites for hydroxylation is 1. The lowest BCUT2D eigenvalue weighted by Gasteiger charge is -2.17. The van der Waals surface area contributed by atoms with Crippen molar-refractivity contribution in [3.05, 3.63) is 40.3 Å². The Morgan fingerprint density at radius 1 is 1.20 bits per heavy atom. The molecule has 0 amide bonds. The highest BCUT2D eigenvalue weighted by Gasteiger charge is 2.18. The number of rotatable bonds is 3. The molecule has 0 radical (unpaired) electrons. The van der Waals surface area contributed by atoms with Crippen LogP contribution in [0.3, 0.4) is 0 Å². The van der Waals surface area contributed by atoms with Crippen LogP contribution in [0.4, 0.5) is 5.82 Å². The molecule has 0 bridgehead atoms. The average molecular weight is 336 g/mol. The molecule has 6 heteroatoms. The highest BCUT2D eigenvalue weighted by atomic mass is 79.9. The molecule has 5 nitrogen and oxygen atoms in total. The summed E-state index contributed by atoms with van der Waals surface area (Å²) in [5.74, 6) is 2.35. The third-order valence-corrected chi connectivity index (χ3v) is 3.06. The molecule has 20 heavy (non-hydrogen) atoms. The first kappa shape index (κ1) is 14.8. The minimum Gasteiger partial charge on any atom is -0.364 e. The van der Waals surface area contributed by atoms with Crippen molar-refractivity contribution in [2.45, 2.75) is 39.7 Å². The first-order valence-corrected chi connectivity index (χ1v) is 7.21. The fourth-order valence-electron chi connectivity index (χ4n) is 1.63. The number of anilines is 1. The Balaban J connectivity index is 2.16. The van der Waals surface area contributed by atoms with Gasteiger partial charge in [-0.3, -0.25) is 0 Å². The fourth-order valence-corrected chi connectivity index (χ4v) is 2.01. The lowest BCUT2D eigenvalue weighted by atomic mass is 9.96. The van der Waals surface area contributed by atoms with Gasteiger partial charge in [0.15, 0.2) is 0 Å². The maximum atomic E-state index is 4.55. The van der Waals surface area contributed by atoms with Gasteiger partial charge >= 0.3 is 0 Å². The molecule has 0 fully saturated rings. The summed E-state index contributed by atoms with van der Waals surface area (Å²) in [6.07, 6.45) is 1.76. The summed E-state index contributed by atoms with van der Waals surface area (Å²) in [5.41, 5.74) is 0.843. The number of nitrogens with one attached hydrogen (secondary N) is 1. The van der Waals surface area contributed by atoms with Crippen LogP contribution >= 0.6 is 15.9 Å². The summed E-state index contributed by atoms with van der Waals surface area (Å²) in [6.45, 7) is 8.75. The second-order valence-electron chi connectivity index (χ2n) is 5.60. The van der Waals surface area contributed by atoms with Crippen LogP contribution < -0.4 is 5.32 Å². The lowest BCUT2D eigenvalue weighted by molar-refractivity contribution is 0.544. The smallest absolute Gasteiger partial charge is 0.137 e. The molecule has 0 aliphatic heterocycles. The molecule has 0 saturated carbocycles. The molecule has 2 rings (SSSR count). The topological polar surface area (TPSA) is 63.6 Å². The van der Waals surface area contributed by atoms with Crippen molar-refractivity contribution in [3.63, 3.8) is 0 Å². The van der Waals surface area contributed by atoms with Crippen molar-refractivity contribution < 1.29 is 0 Å². The van der Waals surface area contributed by atoms with Crippen molar-refractivity contribution in [1.29, 1.82) is 0 Å². The zero-order valence-corrected chi connectivity index (χ0v) is 13.7. The van der Waals surface area contributed by atoms with Crippen LogP contribution in [-0.4, -0.2) is 19.9 Å². The van der Waals surface area contributed by atoms with E-state index in [9.17, 15) is 0 Å². The lowest BCUT2D eigenvalue weighted by Crippen LogP contribution is -2.17. The van der Waals surface area contributed by atoms with Crippen LogP contribution in [0.25, 0.3) is 0 Å². The first-order valence-electron chi connectivity index (χ1n) is 6.42. The van der Waals surface area contributed by atoms with Gasteiger partial charge < -0.3 is 5.32 Å². The van der Waals surface area contributed by atoms with Gasteiger partial charge in [-0.15, -0.1) is 0 Å². The maximum absolute atomic E-state index is 4.55. The van der Waals surface area contributed by atoms with E-state index in [1.165, 1.54) is 0 Å². The quantitative estimate of drug-likeness (QED) is 0.872. The first-order chi connectivity index (χ1) is 9.34. The number of hydrogen-bond acceptors (Lipinski definition) is 5. The molecule has 2 aromatic heterocycles. The standard InChI is InChI=1S/C14H18BrN5/c1-9-16-6-5-10(18-9)8-17-12-7-11(15)19-13(20-12)14(2,3)4/h5-7H,8H2,1-4H3,(H,17,19,20). The molecule has 0 aliphatic rings. The molecule has 0 aliphatic carbocycles. The predicted molar refractivity (Wildman–Crippen MR) is 82.5 cm³/mol. The van der Waals surface area contributed by atoms with Crippen LogP contribution in [0, 0.1) is 6.92 Å². The monoisotopic (exact) mass is 335 g/mol. The van der Waals surface area contributed by atoms with Gasteiger partial charge in [-0.1, -0.05) is 20.8 Å². The van der Waals surface area contributed by atoms with E-state index in [0.29, 0.717) is 6.54 Å². The Labute approximate surface area is 127 Å². The molecular formula is C14H18BrN5. The summed E-state index contributed by atoms with van der Waals surface area (Å²) >= 11 is 3.43. The van der Waals surface area contributed by atoms with Crippen LogP contribution in [0.2, 0.25) is 0 Å². The van der Waals surface area contributed by atoms with Gasteiger partial charge in [0, 0.05) is 17.7 Å². The van der Waals surface area contributed by atoms with Crippen molar-refractivity contribution in [2.24, 2.45) is 0 Å². The SMILES string of the molecule is Cc1nccc(CNc2cc(Br)nc(C(C)(C)C)n2)n1. The third kappa shape index (κ3) is 3.96. The molecular weight excluding hydrogens is 318 g/mol. The highest BCUT2D eigenvalue weighted by Crippen LogP contribution is 2.22. The van der Waals surface area contributed by atoms with Crippen LogP contribution in [0.5, 0.6) is 0 Å². The van der Waals surface area contributed by atoms with Gasteiger partial charge in [-0.05, 0) is 28.9 Å². The van der Waals surface area contributed by atoms with Gasteiger partial charge in [0.2, 0.25) is 0 Å². The Hall–Kier alpha value is -1.56. The summed E-state index contributed by atoms with van der Waals surface area (Å²) in [4.78, 5) is 17.4. The minimum absolute atomic E-state index is 0.0916. The molecule has 2 heterocycles. The largest absolute Gasteiger partial charge is 0.364 e. The van der Waals surface area contributed by atoms with Crippen LogP contribution in [0.1, 0.15) is 38.1 Å². The third-order valence-electron chi connectivity index (χ3n) is 2.65. The molecule has 0 unspecified atom stereocenters. The van der Waals surface area contributed by atoms with Crippen molar-refractivity contribution >= 4 is 21.7 Å². The van der Waals surface area contributed by atoms with E-state index in [4.69, 9.17) is 0 Å². The van der Waals surface area contributed by atoms with E-state index < -0.39 is 0 Å². The normalized spacial score (nSPS) is 11.4. The average Bonchev–Trinajstić information content (AvgIpc) is 2.35. The fraction of sp³-hybridized carbons (Fsp3) is 0.429. The van der Waals surface area contributed by atoms with Crippen molar-refractivity contribution in [1.82, 2.24) is 19.9 Å². The van der Waals surface area contributed by atoms with Crippen LogP contribution in [-0.2, 0) is 12.0 Å². The van der Waals surface area contributed by atoms with Gasteiger partial charge in [-0.25, -0.2) is 19.9 Å². The highest BCUT2D eigenvalue weighted by molar-refractivity contribution is 9.10. The zero-order valence-electron chi connectivity index (χ0n) is 12.1. The van der Waals surface area contributed by atoms with E-state index in [1.807, 2.05) is 19.1 Å². The second kappa shape index (κ2) is 5.83. The van der Waals surface area contributed by atoms with E-state index in [-0.39, 0.29) is 5.41 Å². The number of hydrogen-bond donors (Lipinski definition) is 1. The predicted octanol–water partition coefficient (Wildman–Crippen LogP) is 3.25. The van der Waals surface area contributed by atoms with Gasteiger partial charge in [0.1, 0.15) is 22.1 Å². The molecule has 0 atom stereocenters. The molecule has 0 aromatic carbocycles. The van der Waals surface area contributed by atoms with E-state index in [0.717, 1.165) is 27.8 Å². The molecule has 1 N–H and O–H groups in total. The Morgan fingerprint density at radius 2 is 1.95 bits per heavy atom. The molecule has 0 spiro atoms. The second-order valence-corrected chi connectivity index (χ2v) is 6.41. The Morgan fingerprint density at radius 3 is 2.60 bits per heavy atom. The zero-order chi connectivity index (χ0) is 14.8. The summed E-state index contributed by atoms with van der Waals surface area (Å²) in [6, 6.07) is 3.75. The molecule has 2 aromatic rings. The number of nitrogens with zero attached hydrogens (tertiary/aromatic N) is 4. The number of halogens is 1. The van der Waals surface area contributed by atoms with E-state index in [2.05, 4.69) is 62.0 Å². The van der Waals surface area contributed by atoms with E-state index >= 15 is 0 Å². The van der Waals surface area contributed by atoms with Gasteiger partial charge in [0.25, 0.3) is 0 Å². The van der Waals surface area contributed by atoms with Crippen molar-refractivity contribution in [3.8, 4) is 0 Å². The number of aromatic nitrogens is 4. The minimum atomic E-state index is -0.0916. The van der Waals surface area contributed by atoms with Crippen LogP contribution in [0.15, 0.2) is 22.9 Å². The summed E-state index contributed by atoms with van der Waals surface area (Å²) in [7, 11) is 0. The summed E-state index contributed by atoms with van der Waals surface area (Å²) in [5, 5.41) is 3.27.